The number of nitrogens with zero attached hydrogens (tertiary/aromatic N) is 2. The number of methoxy groups -OCH3 is 1. The van der Waals surface area contributed by atoms with Crippen LogP contribution in [0.4, 0.5) is 0 Å². The van der Waals surface area contributed by atoms with Crippen molar-refractivity contribution in [1.82, 2.24) is 9.80 Å². The minimum Gasteiger partial charge on any atom is -0.497 e. The quantitative estimate of drug-likeness (QED) is 0.774. The molecule has 0 saturated carbocycles. The number of piperidine rings is 1. The van der Waals surface area contributed by atoms with Gasteiger partial charge in [-0.2, -0.15) is 0 Å². The zero-order valence-corrected chi connectivity index (χ0v) is 17.4. The third-order valence-corrected chi connectivity index (χ3v) is 6.63. The second kappa shape index (κ2) is 7.84. The first-order chi connectivity index (χ1) is 14.6. The molecule has 0 radical (unpaired) electrons. The topological polar surface area (TPSA) is 51.2 Å². The molecule has 0 bridgehead atoms. The Balaban J connectivity index is 1.25. The van der Waals surface area contributed by atoms with Crippen molar-refractivity contribution in [1.29, 1.82) is 0 Å². The van der Waals surface area contributed by atoms with E-state index in [9.17, 15) is 4.79 Å². The van der Waals surface area contributed by atoms with E-state index in [1.807, 2.05) is 29.2 Å². The Morgan fingerprint density at radius 1 is 1.07 bits per heavy atom. The Kier molecular flexibility index (Phi) is 5.03. The van der Waals surface area contributed by atoms with Crippen LogP contribution >= 0.6 is 0 Å². The Morgan fingerprint density at radius 2 is 1.97 bits per heavy atom. The molecular formula is C24H28N2O4. The van der Waals surface area contributed by atoms with E-state index in [2.05, 4.69) is 23.1 Å². The molecule has 2 aromatic carbocycles. The molecule has 2 aromatic rings. The molecule has 2 fully saturated rings. The number of amides is 1. The molecule has 0 aromatic heterocycles. The summed E-state index contributed by atoms with van der Waals surface area (Å²) in [5, 5.41) is 0. The van der Waals surface area contributed by atoms with Gasteiger partial charge in [-0.15, -0.1) is 0 Å². The first kappa shape index (κ1) is 19.2. The summed E-state index contributed by atoms with van der Waals surface area (Å²) in [6.45, 7) is 4.94. The monoisotopic (exact) mass is 408 g/mol. The van der Waals surface area contributed by atoms with Crippen molar-refractivity contribution >= 4 is 5.91 Å². The summed E-state index contributed by atoms with van der Waals surface area (Å²) >= 11 is 0. The first-order valence-corrected chi connectivity index (χ1v) is 10.7. The van der Waals surface area contributed by atoms with Gasteiger partial charge < -0.3 is 19.1 Å². The molecule has 1 atom stereocenters. The molecule has 6 heteroatoms. The largest absolute Gasteiger partial charge is 0.497 e. The van der Waals surface area contributed by atoms with Crippen LogP contribution in [0.5, 0.6) is 17.2 Å². The van der Waals surface area contributed by atoms with Crippen LogP contribution < -0.4 is 14.2 Å². The smallest absolute Gasteiger partial charge is 0.254 e. The molecule has 3 aliphatic rings. The van der Waals surface area contributed by atoms with Gasteiger partial charge in [-0.3, -0.25) is 9.69 Å². The van der Waals surface area contributed by atoms with Crippen molar-refractivity contribution in [2.75, 3.05) is 40.1 Å². The van der Waals surface area contributed by atoms with E-state index in [1.54, 1.807) is 7.11 Å². The van der Waals surface area contributed by atoms with Crippen molar-refractivity contribution in [3.63, 3.8) is 0 Å². The van der Waals surface area contributed by atoms with Gasteiger partial charge in [-0.25, -0.2) is 0 Å². The maximum Gasteiger partial charge on any atom is 0.254 e. The number of fused-ring (bicyclic) bond motifs is 1. The highest BCUT2D eigenvalue weighted by atomic mass is 16.7. The summed E-state index contributed by atoms with van der Waals surface area (Å²) in [5.41, 5.74) is 2.15. The maximum atomic E-state index is 13.1. The fourth-order valence-corrected chi connectivity index (χ4v) is 5.13. The molecule has 6 nitrogen and oxygen atoms in total. The van der Waals surface area contributed by atoms with Crippen molar-refractivity contribution in [3.8, 4) is 17.2 Å². The molecule has 5 rings (SSSR count). The Bertz CT molecular complexity index is 947. The Labute approximate surface area is 177 Å². The van der Waals surface area contributed by atoms with Crippen LogP contribution in [-0.2, 0) is 6.54 Å². The van der Waals surface area contributed by atoms with Gasteiger partial charge in [0.25, 0.3) is 5.91 Å². The lowest BCUT2D eigenvalue weighted by atomic mass is 9.79. The summed E-state index contributed by atoms with van der Waals surface area (Å²) in [4.78, 5) is 17.7. The van der Waals surface area contributed by atoms with Gasteiger partial charge in [-0.05, 0) is 61.7 Å². The summed E-state index contributed by atoms with van der Waals surface area (Å²) in [6.07, 6.45) is 3.43. The van der Waals surface area contributed by atoms with Crippen LogP contribution in [0, 0.1) is 5.41 Å². The molecule has 3 heterocycles. The summed E-state index contributed by atoms with van der Waals surface area (Å²) in [5.74, 6) is 2.37. The Morgan fingerprint density at radius 3 is 2.87 bits per heavy atom. The van der Waals surface area contributed by atoms with E-state index < -0.39 is 0 Å². The van der Waals surface area contributed by atoms with E-state index in [4.69, 9.17) is 14.2 Å². The summed E-state index contributed by atoms with van der Waals surface area (Å²) < 4.78 is 16.2. The van der Waals surface area contributed by atoms with Crippen LogP contribution in [0.2, 0.25) is 0 Å². The standard InChI is InChI=1S/C24H28N2O4/c1-28-20-5-2-4-18(12-20)14-25-10-3-8-24(15-25)9-11-26(16-24)23(27)19-6-7-21-22(13-19)30-17-29-21/h2,4-7,12-13H,3,8-11,14-17H2,1H3/t24-/m1/s1. The van der Waals surface area contributed by atoms with Crippen molar-refractivity contribution in [2.45, 2.75) is 25.8 Å². The number of likely N-dealkylation sites (tertiary alicyclic amines) is 2. The van der Waals surface area contributed by atoms with Crippen molar-refractivity contribution in [3.05, 3.63) is 53.6 Å². The lowest BCUT2D eigenvalue weighted by molar-refractivity contribution is 0.0675. The van der Waals surface area contributed by atoms with Gasteiger partial charge >= 0.3 is 0 Å². The second-order valence-electron chi connectivity index (χ2n) is 8.71. The molecule has 158 valence electrons. The zero-order valence-electron chi connectivity index (χ0n) is 17.4. The van der Waals surface area contributed by atoms with Crippen molar-refractivity contribution in [2.24, 2.45) is 5.41 Å². The lowest BCUT2D eigenvalue weighted by Gasteiger charge is -2.40. The molecule has 2 saturated heterocycles. The summed E-state index contributed by atoms with van der Waals surface area (Å²) in [7, 11) is 1.71. The molecule has 1 spiro atoms. The fourth-order valence-electron chi connectivity index (χ4n) is 5.13. The number of hydrogen-bond donors (Lipinski definition) is 0. The van der Waals surface area contributed by atoms with Gasteiger partial charge in [0.15, 0.2) is 11.5 Å². The first-order valence-electron chi connectivity index (χ1n) is 10.7. The van der Waals surface area contributed by atoms with Crippen molar-refractivity contribution < 1.29 is 19.0 Å². The van der Waals surface area contributed by atoms with Crippen LogP contribution in [0.15, 0.2) is 42.5 Å². The molecular weight excluding hydrogens is 380 g/mol. The van der Waals surface area contributed by atoms with Crippen LogP contribution in [0.1, 0.15) is 35.2 Å². The number of carbonyl (C=O) groups is 1. The van der Waals surface area contributed by atoms with Gasteiger partial charge in [-0.1, -0.05) is 12.1 Å². The van der Waals surface area contributed by atoms with Crippen LogP contribution in [-0.4, -0.2) is 55.8 Å². The third-order valence-electron chi connectivity index (χ3n) is 6.63. The van der Waals surface area contributed by atoms with E-state index >= 15 is 0 Å². The molecule has 0 N–H and O–H groups in total. The SMILES string of the molecule is COc1cccc(CN2CCC[C@@]3(CCN(C(=O)c4ccc5c(c4)OCO5)C3)C2)c1. The molecule has 1 amide bonds. The molecule has 0 unspecified atom stereocenters. The third kappa shape index (κ3) is 3.72. The number of carbonyl (C=O) groups excluding carboxylic acids is 1. The number of ether oxygens (including phenoxy) is 3. The van der Waals surface area contributed by atoms with E-state index in [1.165, 1.54) is 18.4 Å². The Hall–Kier alpha value is -2.73. The minimum absolute atomic E-state index is 0.0927. The highest BCUT2D eigenvalue weighted by Crippen LogP contribution is 2.40. The van der Waals surface area contributed by atoms with Gasteiger partial charge in [0.05, 0.1) is 7.11 Å². The number of benzene rings is 2. The van der Waals surface area contributed by atoms with Gasteiger partial charge in [0.1, 0.15) is 5.75 Å². The van der Waals surface area contributed by atoms with E-state index in [0.717, 1.165) is 44.9 Å². The highest BCUT2D eigenvalue weighted by molar-refractivity contribution is 5.95. The zero-order chi connectivity index (χ0) is 20.6. The van der Waals surface area contributed by atoms with E-state index in [0.29, 0.717) is 17.1 Å². The highest BCUT2D eigenvalue weighted by Gasteiger charge is 2.43. The molecule has 0 aliphatic carbocycles. The number of rotatable bonds is 4. The molecule has 30 heavy (non-hydrogen) atoms. The van der Waals surface area contributed by atoms with Gasteiger partial charge in [0, 0.05) is 37.2 Å². The number of hydrogen-bond acceptors (Lipinski definition) is 5. The normalized spacial score (nSPS) is 23.2. The lowest BCUT2D eigenvalue weighted by Crippen LogP contribution is -2.45. The predicted octanol–water partition coefficient (Wildman–Crippen LogP) is 3.55. The molecule has 3 aliphatic heterocycles. The minimum atomic E-state index is 0.0927. The van der Waals surface area contributed by atoms with Gasteiger partial charge in [0.2, 0.25) is 6.79 Å². The van der Waals surface area contributed by atoms with Crippen LogP contribution in [0.3, 0.4) is 0 Å². The average molecular weight is 408 g/mol. The fraction of sp³-hybridized carbons (Fsp3) is 0.458. The second-order valence-corrected chi connectivity index (χ2v) is 8.71. The summed E-state index contributed by atoms with van der Waals surface area (Å²) in [6, 6.07) is 13.8. The van der Waals surface area contributed by atoms with E-state index in [-0.39, 0.29) is 18.1 Å². The maximum absolute atomic E-state index is 13.1. The van der Waals surface area contributed by atoms with Crippen LogP contribution in [0.25, 0.3) is 0 Å². The average Bonchev–Trinajstić information content (AvgIpc) is 3.40. The predicted molar refractivity (Wildman–Crippen MR) is 113 cm³/mol.